The molecule has 0 aliphatic carbocycles. The molecule has 5 heteroatoms. The third-order valence-corrected chi connectivity index (χ3v) is 6.48. The highest BCUT2D eigenvalue weighted by atomic mass is 32.2. The summed E-state index contributed by atoms with van der Waals surface area (Å²) < 4.78 is 5.31. The van der Waals surface area contributed by atoms with E-state index in [0.717, 1.165) is 50.2 Å². The third kappa shape index (κ3) is 3.33. The van der Waals surface area contributed by atoms with Gasteiger partial charge in [0.25, 0.3) is 0 Å². The first kappa shape index (κ1) is 18.0. The van der Waals surface area contributed by atoms with E-state index in [0.29, 0.717) is 0 Å². The standard InChI is InChI=1S/C22H19NO2S2/c1-3-26-21-13-19-22(12-15(21)14-24)27-20-7-5-4-6-18(20)23(19)16-8-10-17(25-2)11-9-16/h4-14H,3H2,1-2H3. The maximum absolute atomic E-state index is 11.6. The molecule has 0 atom stereocenters. The highest BCUT2D eigenvalue weighted by Gasteiger charge is 2.26. The quantitative estimate of drug-likeness (QED) is 0.283. The molecule has 0 saturated heterocycles. The van der Waals surface area contributed by atoms with Gasteiger partial charge in [0.05, 0.1) is 18.5 Å². The molecular weight excluding hydrogens is 374 g/mol. The van der Waals surface area contributed by atoms with Crippen LogP contribution in [0.3, 0.4) is 0 Å². The van der Waals surface area contributed by atoms with Crippen LogP contribution in [0.4, 0.5) is 17.1 Å². The first-order valence-corrected chi connectivity index (χ1v) is 10.5. The summed E-state index contributed by atoms with van der Waals surface area (Å²) in [5.41, 5.74) is 4.06. The maximum atomic E-state index is 11.6. The Morgan fingerprint density at radius 3 is 2.52 bits per heavy atom. The van der Waals surface area contributed by atoms with Crippen molar-refractivity contribution in [1.29, 1.82) is 0 Å². The minimum atomic E-state index is 0.752. The van der Waals surface area contributed by atoms with Gasteiger partial charge < -0.3 is 9.64 Å². The smallest absolute Gasteiger partial charge is 0.151 e. The number of methoxy groups -OCH3 is 1. The van der Waals surface area contributed by atoms with Crippen molar-refractivity contribution in [3.8, 4) is 5.75 Å². The molecule has 1 heterocycles. The highest BCUT2D eigenvalue weighted by Crippen LogP contribution is 2.52. The van der Waals surface area contributed by atoms with Crippen LogP contribution in [0, 0.1) is 0 Å². The summed E-state index contributed by atoms with van der Waals surface area (Å²) in [6.45, 7) is 2.10. The fourth-order valence-electron chi connectivity index (χ4n) is 3.18. The number of ether oxygens (including phenoxy) is 1. The molecule has 3 nitrogen and oxygen atoms in total. The molecule has 0 N–H and O–H groups in total. The van der Waals surface area contributed by atoms with Crippen molar-refractivity contribution in [2.45, 2.75) is 21.6 Å². The average molecular weight is 394 g/mol. The summed E-state index contributed by atoms with van der Waals surface area (Å²) in [7, 11) is 1.67. The number of thioether (sulfide) groups is 1. The monoisotopic (exact) mass is 393 g/mol. The van der Waals surface area contributed by atoms with E-state index in [1.807, 2.05) is 24.3 Å². The van der Waals surface area contributed by atoms with Gasteiger partial charge in [-0.3, -0.25) is 4.79 Å². The van der Waals surface area contributed by atoms with Crippen LogP contribution in [0.2, 0.25) is 0 Å². The number of carbonyl (C=O) groups is 1. The van der Waals surface area contributed by atoms with E-state index in [1.165, 1.54) is 4.90 Å². The second kappa shape index (κ2) is 7.71. The van der Waals surface area contributed by atoms with Crippen LogP contribution in [-0.2, 0) is 0 Å². The van der Waals surface area contributed by atoms with Gasteiger partial charge in [0.1, 0.15) is 5.75 Å². The highest BCUT2D eigenvalue weighted by molar-refractivity contribution is 8.00. The van der Waals surface area contributed by atoms with Crippen LogP contribution in [0.5, 0.6) is 5.75 Å². The lowest BCUT2D eigenvalue weighted by atomic mass is 10.1. The molecule has 0 bridgehead atoms. The summed E-state index contributed by atoms with van der Waals surface area (Å²) in [4.78, 5) is 17.1. The molecule has 0 unspecified atom stereocenters. The summed E-state index contributed by atoms with van der Waals surface area (Å²) in [6.07, 6.45) is 0.955. The predicted octanol–water partition coefficient (Wildman–Crippen LogP) is 6.55. The van der Waals surface area contributed by atoms with Crippen LogP contribution in [-0.4, -0.2) is 19.1 Å². The number of aldehydes is 1. The Hall–Kier alpha value is -2.37. The average Bonchev–Trinajstić information content (AvgIpc) is 2.72. The van der Waals surface area contributed by atoms with Gasteiger partial charge in [-0.25, -0.2) is 0 Å². The van der Waals surface area contributed by atoms with Crippen molar-refractivity contribution in [3.05, 3.63) is 66.2 Å². The first-order chi connectivity index (χ1) is 13.2. The van der Waals surface area contributed by atoms with E-state index in [1.54, 1.807) is 30.6 Å². The van der Waals surface area contributed by atoms with Gasteiger partial charge in [-0.05, 0) is 54.3 Å². The number of anilines is 3. The summed E-state index contributed by atoms with van der Waals surface area (Å²) in [6, 6.07) is 20.6. The van der Waals surface area contributed by atoms with Gasteiger partial charge in [0, 0.05) is 25.9 Å². The van der Waals surface area contributed by atoms with Gasteiger partial charge >= 0.3 is 0 Å². The van der Waals surface area contributed by atoms with Crippen LogP contribution in [0.25, 0.3) is 0 Å². The van der Waals surface area contributed by atoms with Crippen molar-refractivity contribution < 1.29 is 9.53 Å². The normalized spacial score (nSPS) is 12.3. The molecule has 1 aliphatic rings. The van der Waals surface area contributed by atoms with E-state index < -0.39 is 0 Å². The molecule has 4 rings (SSSR count). The van der Waals surface area contributed by atoms with Crippen LogP contribution in [0.1, 0.15) is 17.3 Å². The Bertz CT molecular complexity index is 986. The number of rotatable bonds is 5. The molecule has 1 aliphatic heterocycles. The fraction of sp³-hybridized carbons (Fsp3) is 0.136. The minimum Gasteiger partial charge on any atom is -0.497 e. The van der Waals surface area contributed by atoms with E-state index in [2.05, 4.69) is 48.2 Å². The Balaban J connectivity index is 1.91. The largest absolute Gasteiger partial charge is 0.497 e. The number of carbonyl (C=O) groups excluding carboxylic acids is 1. The predicted molar refractivity (Wildman–Crippen MR) is 114 cm³/mol. The number of nitrogens with zero attached hydrogens (tertiary/aromatic N) is 1. The van der Waals surface area contributed by atoms with Crippen LogP contribution in [0.15, 0.2) is 75.4 Å². The molecule has 3 aromatic rings. The second-order valence-corrected chi connectivity index (χ2v) is 8.40. The number of fused-ring (bicyclic) bond motifs is 2. The Morgan fingerprint density at radius 1 is 1.04 bits per heavy atom. The molecule has 0 aromatic heterocycles. The van der Waals surface area contributed by atoms with Crippen molar-refractivity contribution in [2.24, 2.45) is 0 Å². The van der Waals surface area contributed by atoms with Gasteiger partial charge in [-0.1, -0.05) is 30.8 Å². The zero-order valence-electron chi connectivity index (χ0n) is 15.1. The first-order valence-electron chi connectivity index (χ1n) is 8.72. The van der Waals surface area contributed by atoms with E-state index >= 15 is 0 Å². The van der Waals surface area contributed by atoms with Gasteiger partial charge in [-0.2, -0.15) is 0 Å². The molecule has 0 radical (unpaired) electrons. The van der Waals surface area contributed by atoms with Gasteiger partial charge in [0.15, 0.2) is 6.29 Å². The van der Waals surface area contributed by atoms with Crippen LogP contribution < -0.4 is 9.64 Å². The van der Waals surface area contributed by atoms with E-state index in [4.69, 9.17) is 4.74 Å². The van der Waals surface area contributed by atoms with Crippen molar-refractivity contribution in [1.82, 2.24) is 0 Å². The number of benzene rings is 3. The third-order valence-electron chi connectivity index (χ3n) is 4.42. The molecule has 0 amide bonds. The number of hydrogen-bond donors (Lipinski definition) is 0. The molecular formula is C22H19NO2S2. The molecule has 27 heavy (non-hydrogen) atoms. The molecule has 0 spiro atoms. The van der Waals surface area contributed by atoms with Gasteiger partial charge in [0.2, 0.25) is 0 Å². The van der Waals surface area contributed by atoms with E-state index in [9.17, 15) is 4.79 Å². The Morgan fingerprint density at radius 2 is 1.81 bits per heavy atom. The maximum Gasteiger partial charge on any atom is 0.151 e. The SMILES string of the molecule is CCSc1cc2c(cc1C=O)Sc1ccccc1N2c1ccc(OC)cc1. The summed E-state index contributed by atoms with van der Waals surface area (Å²) in [5.74, 6) is 1.75. The number of para-hydroxylation sites is 1. The lowest BCUT2D eigenvalue weighted by Crippen LogP contribution is -2.15. The van der Waals surface area contributed by atoms with Crippen LogP contribution >= 0.6 is 23.5 Å². The minimum absolute atomic E-state index is 0.752. The lowest BCUT2D eigenvalue weighted by molar-refractivity contribution is 0.112. The molecule has 136 valence electrons. The fourth-order valence-corrected chi connectivity index (χ4v) is 5.05. The molecule has 3 aromatic carbocycles. The Labute approximate surface area is 167 Å². The molecule has 0 fully saturated rings. The molecule has 0 saturated carbocycles. The summed E-state index contributed by atoms with van der Waals surface area (Å²) >= 11 is 3.41. The zero-order chi connectivity index (χ0) is 18.8. The van der Waals surface area contributed by atoms with Crippen molar-refractivity contribution in [2.75, 3.05) is 17.8 Å². The zero-order valence-corrected chi connectivity index (χ0v) is 16.8. The van der Waals surface area contributed by atoms with Crippen molar-refractivity contribution >= 4 is 46.9 Å². The van der Waals surface area contributed by atoms with Crippen molar-refractivity contribution in [3.63, 3.8) is 0 Å². The summed E-state index contributed by atoms with van der Waals surface area (Å²) in [5, 5.41) is 0. The topological polar surface area (TPSA) is 29.5 Å². The second-order valence-electron chi connectivity index (χ2n) is 6.01. The number of hydrogen-bond acceptors (Lipinski definition) is 5. The van der Waals surface area contributed by atoms with E-state index in [-0.39, 0.29) is 0 Å². The Kier molecular flexibility index (Phi) is 5.14. The van der Waals surface area contributed by atoms with Gasteiger partial charge in [-0.15, -0.1) is 11.8 Å². The lowest BCUT2D eigenvalue weighted by Gasteiger charge is -2.33.